The highest BCUT2D eigenvalue weighted by atomic mass is 16.6. The minimum absolute atomic E-state index is 0.0281. The number of carbonyl (C=O) groups excluding carboxylic acids is 1. The average molecular weight is 362 g/mol. The van der Waals surface area contributed by atoms with E-state index in [2.05, 4.69) is 6.92 Å². The van der Waals surface area contributed by atoms with Crippen molar-refractivity contribution in [1.29, 1.82) is 0 Å². The maximum Gasteiger partial charge on any atom is 0.202 e. The molecule has 0 aromatic rings. The van der Waals surface area contributed by atoms with Crippen LogP contribution in [0.25, 0.3) is 0 Å². The molecule has 6 unspecified atom stereocenters. The highest BCUT2D eigenvalue weighted by Crippen LogP contribution is 2.62. The predicted octanol–water partition coefficient (Wildman–Crippen LogP) is 2.37. The van der Waals surface area contributed by atoms with Crippen LogP contribution in [0.1, 0.15) is 47.0 Å². The van der Waals surface area contributed by atoms with E-state index < -0.39 is 16.8 Å². The molecule has 2 fully saturated rings. The number of Topliss-reactive ketones (excluding diaryl/α,β-unsaturated/α-hetero) is 1. The van der Waals surface area contributed by atoms with Gasteiger partial charge in [-0.25, -0.2) is 0 Å². The molecule has 2 aliphatic heterocycles. The predicted molar refractivity (Wildman–Crippen MR) is 96.2 cm³/mol. The number of ether oxygens (including phenoxy) is 2. The van der Waals surface area contributed by atoms with Crippen LogP contribution in [0.15, 0.2) is 22.8 Å². The molecule has 4 aliphatic rings. The van der Waals surface area contributed by atoms with Crippen LogP contribution >= 0.6 is 0 Å². The summed E-state index contributed by atoms with van der Waals surface area (Å²) in [7, 11) is 1.57. The van der Waals surface area contributed by atoms with E-state index in [0.29, 0.717) is 12.8 Å². The van der Waals surface area contributed by atoms with Crippen molar-refractivity contribution in [2.75, 3.05) is 13.7 Å². The lowest BCUT2D eigenvalue weighted by Gasteiger charge is -2.56. The Bertz CT molecular complexity index is 722. The van der Waals surface area contributed by atoms with E-state index >= 15 is 0 Å². The first-order valence-electron chi connectivity index (χ1n) is 9.72. The van der Waals surface area contributed by atoms with Crippen LogP contribution in [0.5, 0.6) is 0 Å². The summed E-state index contributed by atoms with van der Waals surface area (Å²) in [5.74, 6) is -1.30. The van der Waals surface area contributed by atoms with Gasteiger partial charge in [0.2, 0.25) is 5.79 Å². The first kappa shape index (κ1) is 18.4. The van der Waals surface area contributed by atoms with Gasteiger partial charge < -0.3 is 19.7 Å². The van der Waals surface area contributed by atoms with E-state index in [1.807, 2.05) is 13.8 Å². The summed E-state index contributed by atoms with van der Waals surface area (Å²) >= 11 is 0. The summed E-state index contributed by atoms with van der Waals surface area (Å²) in [6.45, 7) is 8.16. The molecule has 6 atom stereocenters. The van der Waals surface area contributed by atoms with E-state index in [4.69, 9.17) is 9.47 Å². The summed E-state index contributed by atoms with van der Waals surface area (Å²) in [6, 6.07) is 0. The van der Waals surface area contributed by atoms with Crippen LogP contribution in [-0.2, 0) is 14.3 Å². The lowest BCUT2D eigenvalue weighted by Crippen LogP contribution is -2.64. The SMILES string of the molecule is COCC1(O)CCC2C1=CC1(O)OC(CC3=C(C(C)C)C(=O)C31C)C2C. The second kappa shape index (κ2) is 5.51. The molecule has 1 saturated carbocycles. The Balaban J connectivity index is 1.88. The number of aliphatic hydroxyl groups is 2. The number of allylic oxidation sites excluding steroid dienone is 1. The number of fused-ring (bicyclic) bond motifs is 5. The largest absolute Gasteiger partial charge is 0.383 e. The fraction of sp³-hybridized carbons (Fsp3) is 0.762. The van der Waals surface area contributed by atoms with Crippen molar-refractivity contribution in [3.05, 3.63) is 22.8 Å². The Morgan fingerprint density at radius 2 is 2.08 bits per heavy atom. The lowest BCUT2D eigenvalue weighted by atomic mass is 9.54. The Morgan fingerprint density at radius 1 is 1.38 bits per heavy atom. The molecular weight excluding hydrogens is 332 g/mol. The van der Waals surface area contributed by atoms with Gasteiger partial charge >= 0.3 is 0 Å². The van der Waals surface area contributed by atoms with Crippen LogP contribution < -0.4 is 0 Å². The molecule has 144 valence electrons. The smallest absolute Gasteiger partial charge is 0.202 e. The summed E-state index contributed by atoms with van der Waals surface area (Å²) in [5, 5.41) is 22.7. The highest BCUT2D eigenvalue weighted by Gasteiger charge is 2.68. The third-order valence-corrected chi connectivity index (χ3v) is 7.42. The van der Waals surface area contributed by atoms with Gasteiger partial charge in [0.05, 0.1) is 12.7 Å². The van der Waals surface area contributed by atoms with Crippen LogP contribution in [0.2, 0.25) is 0 Å². The molecule has 0 aromatic heterocycles. The topological polar surface area (TPSA) is 76.0 Å². The fourth-order valence-corrected chi connectivity index (χ4v) is 5.81. The summed E-state index contributed by atoms with van der Waals surface area (Å²) in [6.07, 6.45) is 3.63. The van der Waals surface area contributed by atoms with Gasteiger partial charge in [-0.1, -0.05) is 20.8 Å². The lowest BCUT2D eigenvalue weighted by molar-refractivity contribution is -0.270. The molecular formula is C21H30O5. The average Bonchev–Trinajstić information content (AvgIpc) is 2.82. The van der Waals surface area contributed by atoms with Gasteiger partial charge in [0.15, 0.2) is 5.78 Å². The maximum atomic E-state index is 13.0. The molecule has 2 aliphatic carbocycles. The van der Waals surface area contributed by atoms with E-state index in [-0.39, 0.29) is 36.2 Å². The summed E-state index contributed by atoms with van der Waals surface area (Å²) < 4.78 is 11.4. The van der Waals surface area contributed by atoms with Crippen molar-refractivity contribution in [3.8, 4) is 0 Å². The number of hydrogen-bond donors (Lipinski definition) is 2. The second-order valence-electron chi connectivity index (χ2n) is 9.13. The fourth-order valence-electron chi connectivity index (χ4n) is 5.81. The number of rotatable bonds is 3. The molecule has 1 saturated heterocycles. The normalized spacial score (nSPS) is 47.3. The third kappa shape index (κ3) is 2.03. The van der Waals surface area contributed by atoms with Crippen molar-refractivity contribution in [2.24, 2.45) is 23.2 Å². The molecule has 0 radical (unpaired) electrons. The highest BCUT2D eigenvalue weighted by molar-refractivity contribution is 6.11. The van der Waals surface area contributed by atoms with Crippen molar-refractivity contribution in [1.82, 2.24) is 0 Å². The van der Waals surface area contributed by atoms with Gasteiger partial charge in [0, 0.05) is 7.11 Å². The van der Waals surface area contributed by atoms with Crippen LogP contribution in [-0.4, -0.2) is 47.2 Å². The quantitative estimate of drug-likeness (QED) is 0.754. The summed E-state index contributed by atoms with van der Waals surface area (Å²) in [5.41, 5.74) is 0.517. The Hall–Kier alpha value is -1.01. The van der Waals surface area contributed by atoms with Gasteiger partial charge in [-0.2, -0.15) is 0 Å². The molecule has 2 N–H and O–H groups in total. The molecule has 0 amide bonds. The van der Waals surface area contributed by atoms with Gasteiger partial charge in [-0.15, -0.1) is 0 Å². The molecule has 5 nitrogen and oxygen atoms in total. The van der Waals surface area contributed by atoms with E-state index in [0.717, 1.165) is 23.1 Å². The first-order valence-corrected chi connectivity index (χ1v) is 9.72. The molecule has 0 spiro atoms. The number of carbonyl (C=O) groups is 1. The van der Waals surface area contributed by atoms with Gasteiger partial charge in [-0.05, 0) is 66.7 Å². The van der Waals surface area contributed by atoms with E-state index in [1.165, 1.54) is 0 Å². The van der Waals surface area contributed by atoms with Crippen molar-refractivity contribution in [3.63, 3.8) is 0 Å². The number of methoxy groups -OCH3 is 1. The van der Waals surface area contributed by atoms with E-state index in [9.17, 15) is 15.0 Å². The van der Waals surface area contributed by atoms with Crippen LogP contribution in [0, 0.1) is 23.2 Å². The third-order valence-electron chi connectivity index (χ3n) is 7.42. The molecule has 26 heavy (non-hydrogen) atoms. The van der Waals surface area contributed by atoms with Crippen molar-refractivity contribution < 1.29 is 24.5 Å². The van der Waals surface area contributed by atoms with E-state index in [1.54, 1.807) is 20.1 Å². The summed E-state index contributed by atoms with van der Waals surface area (Å²) in [4.78, 5) is 13.0. The van der Waals surface area contributed by atoms with Gasteiger partial charge in [0.1, 0.15) is 11.0 Å². The van der Waals surface area contributed by atoms with Crippen molar-refractivity contribution in [2.45, 2.75) is 64.4 Å². The Morgan fingerprint density at radius 3 is 2.69 bits per heavy atom. The van der Waals surface area contributed by atoms with Crippen molar-refractivity contribution >= 4 is 5.78 Å². The number of hydrogen-bond acceptors (Lipinski definition) is 5. The molecule has 2 bridgehead atoms. The molecule has 5 heteroatoms. The van der Waals surface area contributed by atoms with Gasteiger partial charge in [0.25, 0.3) is 0 Å². The van der Waals surface area contributed by atoms with Crippen LogP contribution in [0.3, 0.4) is 0 Å². The minimum atomic E-state index is -1.70. The zero-order valence-electron chi connectivity index (χ0n) is 16.3. The first-order chi connectivity index (χ1) is 12.1. The maximum absolute atomic E-state index is 13.0. The van der Waals surface area contributed by atoms with Crippen LogP contribution in [0.4, 0.5) is 0 Å². The number of ketones is 1. The van der Waals surface area contributed by atoms with Gasteiger partial charge in [-0.3, -0.25) is 4.79 Å². The standard InChI is InChI=1S/C21H30O5/c1-11(2)17-14-8-16-12(3)13-6-7-20(23,10-25-5)15(13)9-21(24,26-16)19(14,4)18(17)22/h9,11-13,16,23-24H,6-8,10H2,1-5H3. The zero-order chi connectivity index (χ0) is 19.1. The monoisotopic (exact) mass is 362 g/mol. The second-order valence-corrected chi connectivity index (χ2v) is 9.13. The Kier molecular flexibility index (Phi) is 3.89. The molecule has 0 aromatic carbocycles. The zero-order valence-corrected chi connectivity index (χ0v) is 16.3. The minimum Gasteiger partial charge on any atom is -0.383 e. The molecule has 4 rings (SSSR count). The Labute approximate surface area is 155 Å². The molecule has 2 heterocycles.